The standard InChI is InChI=1S/C11H26N2/c1-9(2)8-10(13(6)7)11(3,4)12-5/h9-10,12H,8H2,1-7H3. The lowest BCUT2D eigenvalue weighted by Gasteiger charge is -2.39. The van der Waals surface area contributed by atoms with Crippen molar-refractivity contribution in [3.05, 3.63) is 0 Å². The monoisotopic (exact) mass is 186 g/mol. The van der Waals surface area contributed by atoms with E-state index in [2.05, 4.69) is 52.0 Å². The normalized spacial score (nSPS) is 15.5. The first-order valence-corrected chi connectivity index (χ1v) is 5.16. The van der Waals surface area contributed by atoms with Gasteiger partial charge in [0.2, 0.25) is 0 Å². The van der Waals surface area contributed by atoms with Gasteiger partial charge < -0.3 is 10.2 Å². The molecule has 0 aliphatic rings. The van der Waals surface area contributed by atoms with Gasteiger partial charge in [-0.1, -0.05) is 13.8 Å². The quantitative estimate of drug-likeness (QED) is 0.706. The van der Waals surface area contributed by atoms with Crippen LogP contribution < -0.4 is 5.32 Å². The molecule has 1 atom stereocenters. The molecule has 0 fully saturated rings. The van der Waals surface area contributed by atoms with E-state index in [9.17, 15) is 0 Å². The molecule has 0 rings (SSSR count). The number of likely N-dealkylation sites (N-methyl/N-ethyl adjacent to an activating group) is 2. The molecule has 1 unspecified atom stereocenters. The fraction of sp³-hybridized carbons (Fsp3) is 1.00. The number of rotatable bonds is 5. The van der Waals surface area contributed by atoms with Crippen LogP contribution in [0.1, 0.15) is 34.1 Å². The summed E-state index contributed by atoms with van der Waals surface area (Å²) in [7, 11) is 6.36. The van der Waals surface area contributed by atoms with Crippen LogP contribution in [0.2, 0.25) is 0 Å². The van der Waals surface area contributed by atoms with Gasteiger partial charge in [0.25, 0.3) is 0 Å². The molecule has 2 heteroatoms. The van der Waals surface area contributed by atoms with Gasteiger partial charge in [0, 0.05) is 11.6 Å². The molecule has 0 saturated carbocycles. The maximum Gasteiger partial charge on any atom is 0.0277 e. The average molecular weight is 186 g/mol. The third kappa shape index (κ3) is 4.10. The first-order chi connectivity index (χ1) is 5.81. The number of nitrogens with zero attached hydrogens (tertiary/aromatic N) is 1. The highest BCUT2D eigenvalue weighted by Gasteiger charge is 2.29. The van der Waals surface area contributed by atoms with E-state index >= 15 is 0 Å². The van der Waals surface area contributed by atoms with Crippen molar-refractivity contribution >= 4 is 0 Å². The SMILES string of the molecule is CNC(C)(C)C(CC(C)C)N(C)C. The van der Waals surface area contributed by atoms with E-state index < -0.39 is 0 Å². The highest BCUT2D eigenvalue weighted by atomic mass is 15.2. The smallest absolute Gasteiger partial charge is 0.0277 e. The van der Waals surface area contributed by atoms with E-state index in [-0.39, 0.29) is 5.54 Å². The molecule has 0 bridgehead atoms. The lowest BCUT2D eigenvalue weighted by Crippen LogP contribution is -2.54. The number of nitrogens with one attached hydrogen (secondary N) is 1. The summed E-state index contributed by atoms with van der Waals surface area (Å²) in [6.45, 7) is 9.09. The zero-order valence-electron chi connectivity index (χ0n) is 10.3. The molecule has 0 aromatic heterocycles. The summed E-state index contributed by atoms with van der Waals surface area (Å²) in [6, 6.07) is 0.595. The number of hydrogen-bond donors (Lipinski definition) is 1. The molecule has 80 valence electrons. The van der Waals surface area contributed by atoms with E-state index in [1.807, 2.05) is 7.05 Å². The summed E-state index contributed by atoms with van der Waals surface area (Å²) < 4.78 is 0. The molecule has 0 amide bonds. The van der Waals surface area contributed by atoms with E-state index in [0.29, 0.717) is 6.04 Å². The lowest BCUT2D eigenvalue weighted by molar-refractivity contribution is 0.151. The third-order valence-electron chi connectivity index (χ3n) is 2.80. The van der Waals surface area contributed by atoms with Crippen LogP contribution in [-0.4, -0.2) is 37.6 Å². The molecule has 0 radical (unpaired) electrons. The van der Waals surface area contributed by atoms with Crippen molar-refractivity contribution in [1.29, 1.82) is 0 Å². The molecular formula is C11H26N2. The Kier molecular flexibility index (Phi) is 4.93. The predicted molar refractivity (Wildman–Crippen MR) is 60.1 cm³/mol. The van der Waals surface area contributed by atoms with Gasteiger partial charge in [0.05, 0.1) is 0 Å². The minimum Gasteiger partial charge on any atom is -0.313 e. The maximum absolute atomic E-state index is 3.39. The molecule has 0 saturated heterocycles. The summed E-state index contributed by atoms with van der Waals surface area (Å²) in [4.78, 5) is 2.32. The Morgan fingerprint density at radius 3 is 1.92 bits per heavy atom. The minimum absolute atomic E-state index is 0.188. The second kappa shape index (κ2) is 4.97. The summed E-state index contributed by atoms with van der Waals surface area (Å²) in [5.41, 5.74) is 0.188. The van der Waals surface area contributed by atoms with Crippen molar-refractivity contribution in [1.82, 2.24) is 10.2 Å². The molecule has 2 nitrogen and oxygen atoms in total. The molecule has 0 spiro atoms. The Bertz CT molecular complexity index is 139. The first-order valence-electron chi connectivity index (χ1n) is 5.16. The van der Waals surface area contributed by atoms with Crippen LogP contribution in [-0.2, 0) is 0 Å². The maximum atomic E-state index is 3.39. The molecule has 0 aliphatic heterocycles. The summed E-state index contributed by atoms with van der Waals surface area (Å²) >= 11 is 0. The van der Waals surface area contributed by atoms with Crippen LogP contribution in [0.4, 0.5) is 0 Å². The van der Waals surface area contributed by atoms with E-state index in [4.69, 9.17) is 0 Å². The zero-order chi connectivity index (χ0) is 10.6. The Hall–Kier alpha value is -0.0800. The summed E-state index contributed by atoms with van der Waals surface area (Å²) in [6.07, 6.45) is 1.24. The Morgan fingerprint density at radius 2 is 1.69 bits per heavy atom. The summed E-state index contributed by atoms with van der Waals surface area (Å²) in [5.74, 6) is 0.750. The zero-order valence-corrected chi connectivity index (χ0v) is 10.3. The molecular weight excluding hydrogens is 160 g/mol. The van der Waals surface area contributed by atoms with Gasteiger partial charge in [0.15, 0.2) is 0 Å². The third-order valence-corrected chi connectivity index (χ3v) is 2.80. The van der Waals surface area contributed by atoms with Gasteiger partial charge in [-0.25, -0.2) is 0 Å². The largest absolute Gasteiger partial charge is 0.313 e. The van der Waals surface area contributed by atoms with Gasteiger partial charge >= 0.3 is 0 Å². The van der Waals surface area contributed by atoms with Crippen LogP contribution >= 0.6 is 0 Å². The van der Waals surface area contributed by atoms with Crippen LogP contribution in [0.15, 0.2) is 0 Å². The van der Waals surface area contributed by atoms with Crippen molar-refractivity contribution < 1.29 is 0 Å². The molecule has 1 N–H and O–H groups in total. The fourth-order valence-corrected chi connectivity index (χ4v) is 1.76. The van der Waals surface area contributed by atoms with Crippen LogP contribution in [0.5, 0.6) is 0 Å². The van der Waals surface area contributed by atoms with Gasteiger partial charge in [-0.15, -0.1) is 0 Å². The van der Waals surface area contributed by atoms with Crippen molar-refractivity contribution in [2.45, 2.75) is 45.7 Å². The molecule has 0 aliphatic carbocycles. The van der Waals surface area contributed by atoms with Gasteiger partial charge in [-0.05, 0) is 47.3 Å². The topological polar surface area (TPSA) is 15.3 Å². The molecule has 0 aromatic rings. The van der Waals surface area contributed by atoms with Gasteiger partial charge in [0.1, 0.15) is 0 Å². The average Bonchev–Trinajstić information content (AvgIpc) is 1.99. The van der Waals surface area contributed by atoms with Crippen molar-refractivity contribution in [2.75, 3.05) is 21.1 Å². The van der Waals surface area contributed by atoms with Crippen LogP contribution in [0, 0.1) is 5.92 Å². The van der Waals surface area contributed by atoms with Crippen molar-refractivity contribution in [3.63, 3.8) is 0 Å². The van der Waals surface area contributed by atoms with Gasteiger partial charge in [-0.2, -0.15) is 0 Å². The van der Waals surface area contributed by atoms with Crippen LogP contribution in [0.25, 0.3) is 0 Å². The molecule has 0 heterocycles. The minimum atomic E-state index is 0.188. The van der Waals surface area contributed by atoms with Gasteiger partial charge in [-0.3, -0.25) is 0 Å². The molecule has 0 aromatic carbocycles. The Morgan fingerprint density at radius 1 is 1.23 bits per heavy atom. The van der Waals surface area contributed by atoms with E-state index in [1.54, 1.807) is 0 Å². The highest BCUT2D eigenvalue weighted by molar-refractivity contribution is 4.90. The second-order valence-corrected chi connectivity index (χ2v) is 5.08. The van der Waals surface area contributed by atoms with E-state index in [0.717, 1.165) is 5.92 Å². The van der Waals surface area contributed by atoms with E-state index in [1.165, 1.54) is 6.42 Å². The lowest BCUT2D eigenvalue weighted by atomic mass is 9.87. The van der Waals surface area contributed by atoms with Crippen molar-refractivity contribution in [3.8, 4) is 0 Å². The van der Waals surface area contributed by atoms with Crippen molar-refractivity contribution in [2.24, 2.45) is 5.92 Å². The second-order valence-electron chi connectivity index (χ2n) is 5.08. The Labute approximate surface area is 83.7 Å². The Balaban J connectivity index is 4.41. The first kappa shape index (κ1) is 12.9. The summed E-state index contributed by atoms with van der Waals surface area (Å²) in [5, 5.41) is 3.39. The number of hydrogen-bond acceptors (Lipinski definition) is 2. The predicted octanol–water partition coefficient (Wildman–Crippen LogP) is 1.96. The molecule has 13 heavy (non-hydrogen) atoms. The fourth-order valence-electron chi connectivity index (χ4n) is 1.76. The highest BCUT2D eigenvalue weighted by Crippen LogP contribution is 2.20. The van der Waals surface area contributed by atoms with Crippen LogP contribution in [0.3, 0.4) is 0 Å².